The van der Waals surface area contributed by atoms with Gasteiger partial charge in [-0.15, -0.1) is 0 Å². The second-order valence-corrected chi connectivity index (χ2v) is 7.92. The van der Waals surface area contributed by atoms with Crippen LogP contribution in [0, 0.1) is 6.92 Å². The highest BCUT2D eigenvalue weighted by Gasteiger charge is 2.25. The molecule has 9 nitrogen and oxygen atoms in total. The molecule has 1 N–H and O–H groups in total. The van der Waals surface area contributed by atoms with E-state index in [9.17, 15) is 4.79 Å². The van der Waals surface area contributed by atoms with Crippen molar-refractivity contribution in [1.82, 2.24) is 34.2 Å². The number of hydrogen-bond acceptors (Lipinski definition) is 6. The lowest BCUT2D eigenvalue weighted by Gasteiger charge is -2.33. The first-order chi connectivity index (χ1) is 14.5. The molecular formula is C21H30N8O. The molecule has 1 saturated heterocycles. The molecule has 30 heavy (non-hydrogen) atoms. The van der Waals surface area contributed by atoms with Crippen LogP contribution in [0.4, 0.5) is 5.82 Å². The minimum absolute atomic E-state index is 0.160. The van der Waals surface area contributed by atoms with Crippen LogP contribution in [0.1, 0.15) is 45.2 Å². The Labute approximate surface area is 176 Å². The van der Waals surface area contributed by atoms with Crippen molar-refractivity contribution in [3.63, 3.8) is 0 Å². The number of aryl methyl sites for hydroxylation is 2. The van der Waals surface area contributed by atoms with Gasteiger partial charge < -0.3 is 14.8 Å². The smallest absolute Gasteiger partial charge is 0.222 e. The van der Waals surface area contributed by atoms with Crippen molar-refractivity contribution in [3.05, 3.63) is 18.2 Å². The molecule has 0 aromatic carbocycles. The molecule has 1 amide bonds. The van der Waals surface area contributed by atoms with Gasteiger partial charge in [-0.05, 0) is 33.1 Å². The number of piperidine rings is 1. The van der Waals surface area contributed by atoms with Gasteiger partial charge >= 0.3 is 0 Å². The van der Waals surface area contributed by atoms with Crippen molar-refractivity contribution < 1.29 is 4.79 Å². The zero-order chi connectivity index (χ0) is 21.3. The van der Waals surface area contributed by atoms with Crippen LogP contribution in [-0.4, -0.2) is 59.2 Å². The first-order valence-electron chi connectivity index (χ1n) is 10.8. The largest absolute Gasteiger partial charge is 0.364 e. The number of hydrogen-bond donors (Lipinski definition) is 1. The standard InChI is InChI=1S/C21H30N8O/c1-5-8-17(30)28-10-7-9-15(12-28)25-19-18-21(23-13-22-19)27(4)20(26-18)16-11-24-29(6-2)14(16)3/h11,13,15H,5-10,12H2,1-4H3,(H,22,23,25)/t15-/m0/s1. The Morgan fingerprint density at radius 2 is 2.13 bits per heavy atom. The highest BCUT2D eigenvalue weighted by atomic mass is 16.2. The molecule has 9 heteroatoms. The van der Waals surface area contributed by atoms with E-state index in [-0.39, 0.29) is 11.9 Å². The van der Waals surface area contributed by atoms with E-state index in [1.54, 1.807) is 6.33 Å². The fraction of sp³-hybridized carbons (Fsp3) is 0.571. The number of amides is 1. The molecule has 0 saturated carbocycles. The molecule has 1 fully saturated rings. The topological polar surface area (TPSA) is 93.8 Å². The lowest BCUT2D eigenvalue weighted by Crippen LogP contribution is -2.45. The van der Waals surface area contributed by atoms with E-state index in [4.69, 9.17) is 4.98 Å². The molecule has 4 rings (SSSR count). The van der Waals surface area contributed by atoms with Crippen molar-refractivity contribution >= 4 is 22.9 Å². The molecule has 1 atom stereocenters. The van der Waals surface area contributed by atoms with E-state index >= 15 is 0 Å². The molecule has 0 unspecified atom stereocenters. The maximum absolute atomic E-state index is 12.3. The van der Waals surface area contributed by atoms with Crippen LogP contribution < -0.4 is 5.32 Å². The molecule has 0 spiro atoms. The summed E-state index contributed by atoms with van der Waals surface area (Å²) in [5.74, 6) is 1.78. The van der Waals surface area contributed by atoms with Crippen molar-refractivity contribution in [2.45, 2.75) is 59.0 Å². The number of rotatable bonds is 6. The summed E-state index contributed by atoms with van der Waals surface area (Å²) in [6.45, 7) is 8.53. The summed E-state index contributed by atoms with van der Waals surface area (Å²) in [6.07, 6.45) is 6.91. The normalized spacial score (nSPS) is 16.9. The lowest BCUT2D eigenvalue weighted by atomic mass is 10.0. The number of fused-ring (bicyclic) bond motifs is 1. The van der Waals surface area contributed by atoms with Gasteiger partial charge in [0.1, 0.15) is 12.2 Å². The molecular weight excluding hydrogens is 380 g/mol. The van der Waals surface area contributed by atoms with Crippen molar-refractivity contribution in [2.24, 2.45) is 7.05 Å². The van der Waals surface area contributed by atoms with E-state index < -0.39 is 0 Å². The van der Waals surface area contributed by atoms with Crippen LogP contribution in [0.2, 0.25) is 0 Å². The number of nitrogens with one attached hydrogen (secondary N) is 1. The second kappa shape index (κ2) is 8.41. The van der Waals surface area contributed by atoms with E-state index in [1.807, 2.05) is 34.3 Å². The molecule has 3 aromatic rings. The van der Waals surface area contributed by atoms with Gasteiger partial charge in [0.25, 0.3) is 0 Å². The lowest BCUT2D eigenvalue weighted by molar-refractivity contribution is -0.132. The molecule has 1 aliphatic rings. The Kier molecular flexibility index (Phi) is 5.69. The van der Waals surface area contributed by atoms with Gasteiger partial charge in [0, 0.05) is 44.8 Å². The Bertz CT molecular complexity index is 1050. The maximum Gasteiger partial charge on any atom is 0.222 e. The van der Waals surface area contributed by atoms with Gasteiger partial charge in [-0.2, -0.15) is 5.10 Å². The Hall–Kier alpha value is -2.97. The van der Waals surface area contributed by atoms with Gasteiger partial charge in [0.2, 0.25) is 5.91 Å². The maximum atomic E-state index is 12.3. The van der Waals surface area contributed by atoms with Crippen LogP contribution in [0.25, 0.3) is 22.6 Å². The van der Waals surface area contributed by atoms with Crippen LogP contribution in [0.3, 0.4) is 0 Å². The zero-order valence-corrected chi connectivity index (χ0v) is 18.2. The van der Waals surface area contributed by atoms with Crippen LogP contribution in [0.5, 0.6) is 0 Å². The third-order valence-electron chi connectivity index (χ3n) is 5.88. The number of likely N-dealkylation sites (tertiary alicyclic amines) is 1. The number of anilines is 1. The summed E-state index contributed by atoms with van der Waals surface area (Å²) in [4.78, 5) is 28.1. The van der Waals surface area contributed by atoms with E-state index in [0.29, 0.717) is 13.0 Å². The minimum Gasteiger partial charge on any atom is -0.364 e. The highest BCUT2D eigenvalue weighted by Crippen LogP contribution is 2.28. The predicted octanol–water partition coefficient (Wildman–Crippen LogP) is 2.76. The molecule has 3 aromatic heterocycles. The van der Waals surface area contributed by atoms with Crippen molar-refractivity contribution in [3.8, 4) is 11.4 Å². The predicted molar refractivity (Wildman–Crippen MR) is 116 cm³/mol. The van der Waals surface area contributed by atoms with Crippen molar-refractivity contribution in [2.75, 3.05) is 18.4 Å². The Morgan fingerprint density at radius 3 is 2.87 bits per heavy atom. The van der Waals surface area contributed by atoms with Crippen LogP contribution in [-0.2, 0) is 18.4 Å². The van der Waals surface area contributed by atoms with Gasteiger partial charge in [-0.3, -0.25) is 9.48 Å². The minimum atomic E-state index is 0.160. The Morgan fingerprint density at radius 1 is 1.30 bits per heavy atom. The van der Waals surface area contributed by atoms with E-state index in [0.717, 1.165) is 66.4 Å². The summed E-state index contributed by atoms with van der Waals surface area (Å²) >= 11 is 0. The highest BCUT2D eigenvalue weighted by molar-refractivity contribution is 5.86. The Balaban J connectivity index is 1.62. The summed E-state index contributed by atoms with van der Waals surface area (Å²) in [7, 11) is 1.97. The first-order valence-corrected chi connectivity index (χ1v) is 10.8. The van der Waals surface area contributed by atoms with Crippen LogP contribution >= 0.6 is 0 Å². The first kappa shape index (κ1) is 20.3. The molecule has 160 valence electrons. The number of aromatic nitrogens is 6. The average Bonchev–Trinajstić information content (AvgIpc) is 3.28. The number of imidazole rings is 1. The molecule has 0 aliphatic carbocycles. The quantitative estimate of drug-likeness (QED) is 0.672. The average molecular weight is 411 g/mol. The number of carbonyl (C=O) groups excluding carboxylic acids is 1. The van der Waals surface area contributed by atoms with Gasteiger partial charge in [0.15, 0.2) is 17.0 Å². The molecule has 4 heterocycles. The summed E-state index contributed by atoms with van der Waals surface area (Å²) in [5.41, 5.74) is 3.60. The fourth-order valence-electron chi connectivity index (χ4n) is 4.22. The SMILES string of the molecule is CCCC(=O)N1CCC[C@H](Nc2ncnc3c2nc(-c2cnn(CC)c2C)n3C)C1. The molecule has 0 bridgehead atoms. The molecule has 1 aliphatic heterocycles. The van der Waals surface area contributed by atoms with Gasteiger partial charge in [-0.1, -0.05) is 6.92 Å². The van der Waals surface area contributed by atoms with E-state index in [2.05, 4.69) is 34.2 Å². The van der Waals surface area contributed by atoms with Crippen molar-refractivity contribution in [1.29, 1.82) is 0 Å². The van der Waals surface area contributed by atoms with E-state index in [1.165, 1.54) is 0 Å². The zero-order valence-electron chi connectivity index (χ0n) is 18.2. The monoisotopic (exact) mass is 410 g/mol. The third-order valence-corrected chi connectivity index (χ3v) is 5.88. The second-order valence-electron chi connectivity index (χ2n) is 7.92. The fourth-order valence-corrected chi connectivity index (χ4v) is 4.22. The van der Waals surface area contributed by atoms with Crippen LogP contribution in [0.15, 0.2) is 12.5 Å². The third kappa shape index (κ3) is 3.64. The molecule has 0 radical (unpaired) electrons. The summed E-state index contributed by atoms with van der Waals surface area (Å²) < 4.78 is 3.95. The number of nitrogens with zero attached hydrogens (tertiary/aromatic N) is 7. The summed E-state index contributed by atoms with van der Waals surface area (Å²) in [5, 5.41) is 7.98. The van der Waals surface area contributed by atoms with Gasteiger partial charge in [-0.25, -0.2) is 15.0 Å². The van der Waals surface area contributed by atoms with Gasteiger partial charge in [0.05, 0.1) is 11.8 Å². The number of carbonyl (C=O) groups is 1. The summed E-state index contributed by atoms with van der Waals surface area (Å²) in [6, 6.07) is 0.160.